The molecular formula is C32H42O9. The maximum atomic E-state index is 14.6. The molecule has 3 saturated carbocycles. The van der Waals surface area contributed by atoms with Crippen LogP contribution in [0.1, 0.15) is 85.3 Å². The average molecular weight is 571 g/mol. The first-order chi connectivity index (χ1) is 19.3. The van der Waals surface area contributed by atoms with Gasteiger partial charge in [0.15, 0.2) is 0 Å². The number of Topliss-reactive ketones (excluding diaryl/α,β-unsaturated/α-hetero) is 1. The molecule has 0 amide bonds. The van der Waals surface area contributed by atoms with Gasteiger partial charge in [-0.25, -0.2) is 0 Å². The number of cyclic esters (lactones) is 1. The maximum absolute atomic E-state index is 14.6. The van der Waals surface area contributed by atoms with Crippen molar-refractivity contribution < 1.29 is 42.5 Å². The quantitative estimate of drug-likeness (QED) is 0.269. The van der Waals surface area contributed by atoms with E-state index in [1.165, 1.54) is 7.11 Å². The summed E-state index contributed by atoms with van der Waals surface area (Å²) in [5.74, 6) is -2.99. The Labute approximate surface area is 241 Å². The lowest BCUT2D eigenvalue weighted by Crippen LogP contribution is -2.72. The van der Waals surface area contributed by atoms with Gasteiger partial charge in [0.1, 0.15) is 29.7 Å². The number of fused-ring (bicyclic) bond motifs is 5. The predicted molar refractivity (Wildman–Crippen MR) is 144 cm³/mol. The van der Waals surface area contributed by atoms with Crippen molar-refractivity contribution >= 4 is 23.7 Å². The molecule has 2 saturated heterocycles. The van der Waals surface area contributed by atoms with Crippen LogP contribution in [-0.4, -0.2) is 48.6 Å². The van der Waals surface area contributed by atoms with Crippen LogP contribution in [0.4, 0.5) is 0 Å². The molecule has 1 aromatic rings. The standard InChI is InChI=1S/C32H42O9/c1-8-16(2)28(36)40-26-23-24(35)31(6,19(29(26,3)4)13-21(33)37-7)18-9-11-30(5)20(32(18)27(23)41-32)14-22(34)39-25(30)17-10-12-38-15-17/h10,12,15-16,18-20,23,25-27H,8-9,11,13-14H2,1-7H3/t16-,18+,19-,20-,23-,25-,26+,27+,30+,31-,32+/m0/s1. The molecule has 5 aliphatic rings. The fourth-order valence-electron chi connectivity index (χ4n) is 9.71. The lowest BCUT2D eigenvalue weighted by atomic mass is 9.37. The normalized spacial score (nSPS) is 44.4. The summed E-state index contributed by atoms with van der Waals surface area (Å²) in [7, 11) is 1.35. The number of epoxide rings is 1. The molecular weight excluding hydrogens is 528 g/mol. The van der Waals surface area contributed by atoms with E-state index in [1.807, 2.05) is 40.7 Å². The van der Waals surface area contributed by atoms with Crippen molar-refractivity contribution in [3.8, 4) is 0 Å². The van der Waals surface area contributed by atoms with Gasteiger partial charge >= 0.3 is 17.9 Å². The van der Waals surface area contributed by atoms with E-state index >= 15 is 0 Å². The van der Waals surface area contributed by atoms with E-state index in [0.29, 0.717) is 19.3 Å². The van der Waals surface area contributed by atoms with Crippen molar-refractivity contribution in [1.29, 1.82) is 0 Å². The van der Waals surface area contributed by atoms with Gasteiger partial charge in [-0.3, -0.25) is 19.2 Å². The molecule has 1 spiro atoms. The molecule has 11 atom stereocenters. The zero-order valence-electron chi connectivity index (χ0n) is 25.1. The summed E-state index contributed by atoms with van der Waals surface area (Å²) >= 11 is 0. The first kappa shape index (κ1) is 28.4. The molecule has 2 bridgehead atoms. The Kier molecular flexibility index (Phi) is 6.35. The van der Waals surface area contributed by atoms with E-state index in [1.54, 1.807) is 12.5 Å². The Morgan fingerprint density at radius 1 is 1.15 bits per heavy atom. The smallest absolute Gasteiger partial charge is 0.308 e. The Balaban J connectivity index is 1.48. The summed E-state index contributed by atoms with van der Waals surface area (Å²) in [5.41, 5.74) is -2.07. The van der Waals surface area contributed by atoms with Crippen LogP contribution >= 0.6 is 0 Å². The zero-order valence-corrected chi connectivity index (χ0v) is 25.1. The van der Waals surface area contributed by atoms with Gasteiger partial charge in [0.2, 0.25) is 0 Å². The highest BCUT2D eigenvalue weighted by Crippen LogP contribution is 2.77. The molecule has 5 fully saturated rings. The van der Waals surface area contributed by atoms with E-state index < -0.39 is 58.0 Å². The van der Waals surface area contributed by atoms with Crippen LogP contribution in [0.15, 0.2) is 23.0 Å². The van der Waals surface area contributed by atoms with Gasteiger partial charge in [0.05, 0.1) is 37.9 Å². The number of esters is 3. The zero-order chi connectivity index (χ0) is 29.7. The summed E-state index contributed by atoms with van der Waals surface area (Å²) < 4.78 is 29.5. The largest absolute Gasteiger partial charge is 0.472 e. The summed E-state index contributed by atoms with van der Waals surface area (Å²) in [6.45, 7) is 11.9. The Hall–Kier alpha value is -2.68. The summed E-state index contributed by atoms with van der Waals surface area (Å²) in [6.07, 6.45) is 3.64. The number of ketones is 1. The monoisotopic (exact) mass is 570 g/mol. The summed E-state index contributed by atoms with van der Waals surface area (Å²) in [4.78, 5) is 53.9. The van der Waals surface area contributed by atoms with E-state index in [9.17, 15) is 19.2 Å². The van der Waals surface area contributed by atoms with Crippen molar-refractivity contribution in [3.63, 3.8) is 0 Å². The summed E-state index contributed by atoms with van der Waals surface area (Å²) in [6, 6.07) is 1.83. The topological polar surface area (TPSA) is 122 Å². The molecule has 2 aliphatic heterocycles. The number of ether oxygens (including phenoxy) is 4. The second-order valence-electron chi connectivity index (χ2n) is 14.2. The van der Waals surface area contributed by atoms with Crippen molar-refractivity contribution in [2.45, 2.75) is 97.6 Å². The third-order valence-corrected chi connectivity index (χ3v) is 12.1. The average Bonchev–Trinajstić information content (AvgIpc) is 3.39. The molecule has 0 N–H and O–H groups in total. The molecule has 3 aliphatic carbocycles. The van der Waals surface area contributed by atoms with Crippen LogP contribution in [0.2, 0.25) is 0 Å². The highest BCUT2D eigenvalue weighted by molar-refractivity contribution is 5.93. The van der Waals surface area contributed by atoms with Gasteiger partial charge in [0, 0.05) is 40.1 Å². The van der Waals surface area contributed by atoms with E-state index in [4.69, 9.17) is 23.4 Å². The Bertz CT molecular complexity index is 1270. The van der Waals surface area contributed by atoms with Crippen molar-refractivity contribution in [3.05, 3.63) is 24.2 Å². The molecule has 1 aromatic heterocycles. The third kappa shape index (κ3) is 3.63. The molecule has 9 nitrogen and oxygen atoms in total. The highest BCUT2D eigenvalue weighted by Gasteiger charge is 2.86. The summed E-state index contributed by atoms with van der Waals surface area (Å²) in [5, 5.41) is 0. The van der Waals surface area contributed by atoms with E-state index in [-0.39, 0.29) is 48.3 Å². The lowest BCUT2D eigenvalue weighted by molar-refractivity contribution is -0.222. The van der Waals surface area contributed by atoms with Gasteiger partial charge in [-0.15, -0.1) is 0 Å². The first-order valence-electron chi connectivity index (χ1n) is 15.0. The fourth-order valence-corrected chi connectivity index (χ4v) is 9.71. The molecule has 3 heterocycles. The van der Waals surface area contributed by atoms with Crippen LogP contribution < -0.4 is 0 Å². The molecule has 0 aromatic carbocycles. The van der Waals surface area contributed by atoms with Crippen LogP contribution in [0.3, 0.4) is 0 Å². The fraction of sp³-hybridized carbons (Fsp3) is 0.750. The minimum absolute atomic E-state index is 0.0100. The van der Waals surface area contributed by atoms with Crippen molar-refractivity contribution in [2.75, 3.05) is 7.11 Å². The SMILES string of the molecule is CC[C@H](C)C(=O)O[C@@H]1[C@@H]2C(=O)[C@@](C)([C@H]3CC[C@@]4(C)[C@H](c5ccoc5)OC(=O)C[C@@H]4[C@]34O[C@H]24)[C@@H](CC(=O)OC)C1(C)C. The molecule has 0 unspecified atom stereocenters. The number of rotatable bonds is 6. The van der Waals surface area contributed by atoms with Crippen LogP contribution in [-0.2, 0) is 38.1 Å². The van der Waals surface area contributed by atoms with Crippen molar-refractivity contribution in [2.24, 2.45) is 45.8 Å². The highest BCUT2D eigenvalue weighted by atomic mass is 16.6. The molecule has 0 radical (unpaired) electrons. The van der Waals surface area contributed by atoms with E-state index in [0.717, 1.165) is 5.56 Å². The van der Waals surface area contributed by atoms with Crippen LogP contribution in [0.25, 0.3) is 0 Å². The number of methoxy groups -OCH3 is 1. The molecule has 6 rings (SSSR count). The predicted octanol–water partition coefficient (Wildman–Crippen LogP) is 4.82. The molecule has 41 heavy (non-hydrogen) atoms. The number of hydrogen-bond acceptors (Lipinski definition) is 9. The molecule has 9 heteroatoms. The third-order valence-electron chi connectivity index (χ3n) is 12.1. The number of carbonyl (C=O) groups is 4. The maximum Gasteiger partial charge on any atom is 0.308 e. The van der Waals surface area contributed by atoms with Gasteiger partial charge < -0.3 is 23.4 Å². The number of carbonyl (C=O) groups excluding carboxylic acids is 4. The minimum atomic E-state index is -0.942. The molecule has 224 valence electrons. The van der Waals surface area contributed by atoms with Crippen LogP contribution in [0.5, 0.6) is 0 Å². The van der Waals surface area contributed by atoms with E-state index in [2.05, 4.69) is 6.92 Å². The van der Waals surface area contributed by atoms with Gasteiger partial charge in [-0.05, 0) is 31.2 Å². The van der Waals surface area contributed by atoms with Crippen LogP contribution in [0, 0.1) is 45.8 Å². The number of hydrogen-bond donors (Lipinski definition) is 0. The minimum Gasteiger partial charge on any atom is -0.472 e. The number of furan rings is 1. The van der Waals surface area contributed by atoms with Gasteiger partial charge in [-0.1, -0.05) is 41.5 Å². The second-order valence-corrected chi connectivity index (χ2v) is 14.2. The second kappa shape index (κ2) is 9.16. The van der Waals surface area contributed by atoms with Gasteiger partial charge in [0.25, 0.3) is 0 Å². The first-order valence-corrected chi connectivity index (χ1v) is 15.0. The van der Waals surface area contributed by atoms with Crippen molar-refractivity contribution in [1.82, 2.24) is 0 Å². The van der Waals surface area contributed by atoms with Gasteiger partial charge in [-0.2, -0.15) is 0 Å². The Morgan fingerprint density at radius 2 is 1.88 bits per heavy atom. The lowest BCUT2D eigenvalue weighted by Gasteiger charge is -2.65. The Morgan fingerprint density at radius 3 is 2.51 bits per heavy atom.